The molecule has 0 aromatic heterocycles. The van der Waals surface area contributed by atoms with Crippen molar-refractivity contribution in [2.45, 2.75) is 65.8 Å². The first kappa shape index (κ1) is 14.6. The monoisotopic (exact) mass is 259 g/mol. The smallest absolute Gasteiger partial charge is 0.0161 e. The Morgan fingerprint density at radius 2 is 1.68 bits per heavy atom. The molecule has 1 aliphatic rings. The summed E-state index contributed by atoms with van der Waals surface area (Å²) in [5.74, 6) is 0. The molecule has 2 rings (SSSR count). The normalized spacial score (nSPS) is 19.6. The first-order valence-corrected chi connectivity index (χ1v) is 7.84. The van der Waals surface area contributed by atoms with Gasteiger partial charge in [0.1, 0.15) is 0 Å². The molecule has 0 radical (unpaired) electrons. The van der Waals surface area contributed by atoms with Gasteiger partial charge in [-0.2, -0.15) is 0 Å². The minimum absolute atomic E-state index is 0.494. The van der Waals surface area contributed by atoms with Crippen LogP contribution in [-0.2, 0) is 6.42 Å². The molecule has 19 heavy (non-hydrogen) atoms. The molecule has 1 aliphatic carbocycles. The van der Waals surface area contributed by atoms with Crippen LogP contribution in [0, 0.1) is 19.3 Å². The molecule has 1 N–H and O–H groups in total. The Bertz CT molecular complexity index is 395. The fraction of sp³-hybridized carbons (Fsp3) is 0.667. The molecule has 1 unspecified atom stereocenters. The molecule has 1 fully saturated rings. The lowest BCUT2D eigenvalue weighted by Crippen LogP contribution is -2.43. The Labute approximate surface area is 118 Å². The van der Waals surface area contributed by atoms with Crippen LogP contribution in [0.2, 0.25) is 0 Å². The van der Waals surface area contributed by atoms with Crippen molar-refractivity contribution in [3.63, 3.8) is 0 Å². The SMILES string of the molecule is CCNC(Cc1cc(C)cc(C)c1)C1(C)CCCC1. The van der Waals surface area contributed by atoms with E-state index in [1.54, 1.807) is 0 Å². The highest BCUT2D eigenvalue weighted by Crippen LogP contribution is 2.41. The van der Waals surface area contributed by atoms with Gasteiger partial charge in [0.2, 0.25) is 0 Å². The molecule has 1 heteroatoms. The van der Waals surface area contributed by atoms with E-state index in [2.05, 4.69) is 51.2 Å². The molecule has 0 heterocycles. The van der Waals surface area contributed by atoms with Crippen LogP contribution in [0.4, 0.5) is 0 Å². The zero-order valence-electron chi connectivity index (χ0n) is 13.1. The van der Waals surface area contributed by atoms with Gasteiger partial charge in [0.05, 0.1) is 0 Å². The van der Waals surface area contributed by atoms with Crippen LogP contribution in [0.3, 0.4) is 0 Å². The lowest BCUT2D eigenvalue weighted by Gasteiger charge is -2.35. The molecule has 1 saturated carbocycles. The first-order valence-electron chi connectivity index (χ1n) is 7.84. The minimum atomic E-state index is 0.494. The summed E-state index contributed by atoms with van der Waals surface area (Å²) < 4.78 is 0. The Morgan fingerprint density at radius 1 is 1.11 bits per heavy atom. The van der Waals surface area contributed by atoms with Gasteiger partial charge in [-0.3, -0.25) is 0 Å². The van der Waals surface area contributed by atoms with Crippen molar-refractivity contribution < 1.29 is 0 Å². The van der Waals surface area contributed by atoms with Crippen LogP contribution in [0.25, 0.3) is 0 Å². The van der Waals surface area contributed by atoms with Gasteiger partial charge < -0.3 is 5.32 Å². The van der Waals surface area contributed by atoms with Gasteiger partial charge in [-0.05, 0) is 50.6 Å². The predicted octanol–water partition coefficient (Wildman–Crippen LogP) is 4.40. The average Bonchev–Trinajstić information content (AvgIpc) is 2.75. The maximum absolute atomic E-state index is 3.75. The Kier molecular flexibility index (Phi) is 4.67. The van der Waals surface area contributed by atoms with Gasteiger partial charge in [-0.15, -0.1) is 0 Å². The summed E-state index contributed by atoms with van der Waals surface area (Å²) in [6.07, 6.45) is 6.76. The molecule has 0 amide bonds. The maximum atomic E-state index is 3.75. The van der Waals surface area contributed by atoms with Gasteiger partial charge in [0, 0.05) is 6.04 Å². The molecule has 0 spiro atoms. The summed E-state index contributed by atoms with van der Waals surface area (Å²) in [5.41, 5.74) is 4.77. The third-order valence-electron chi connectivity index (χ3n) is 4.76. The fourth-order valence-corrected chi connectivity index (χ4v) is 3.77. The minimum Gasteiger partial charge on any atom is -0.313 e. The molecule has 0 aliphatic heterocycles. The number of nitrogens with one attached hydrogen (secondary N) is 1. The van der Waals surface area contributed by atoms with Crippen molar-refractivity contribution in [1.82, 2.24) is 5.32 Å². The highest BCUT2D eigenvalue weighted by molar-refractivity contribution is 5.29. The Morgan fingerprint density at radius 3 is 2.21 bits per heavy atom. The van der Waals surface area contributed by atoms with Gasteiger partial charge >= 0.3 is 0 Å². The largest absolute Gasteiger partial charge is 0.313 e. The highest BCUT2D eigenvalue weighted by atomic mass is 14.9. The van der Waals surface area contributed by atoms with Crippen LogP contribution < -0.4 is 5.32 Å². The molecule has 1 aromatic rings. The van der Waals surface area contributed by atoms with Crippen molar-refractivity contribution in [3.05, 3.63) is 34.9 Å². The van der Waals surface area contributed by atoms with E-state index in [1.807, 2.05) is 0 Å². The number of hydrogen-bond acceptors (Lipinski definition) is 1. The average molecular weight is 259 g/mol. The lowest BCUT2D eigenvalue weighted by molar-refractivity contribution is 0.222. The standard InChI is InChI=1S/C18H29N/c1-5-19-17(18(4)8-6-7-9-18)13-16-11-14(2)10-15(3)12-16/h10-12,17,19H,5-9,13H2,1-4H3. The van der Waals surface area contributed by atoms with E-state index in [4.69, 9.17) is 0 Å². The Balaban J connectivity index is 2.15. The van der Waals surface area contributed by atoms with Crippen LogP contribution in [0.5, 0.6) is 0 Å². The van der Waals surface area contributed by atoms with Gasteiger partial charge in [0.25, 0.3) is 0 Å². The van der Waals surface area contributed by atoms with Crippen LogP contribution in [0.1, 0.15) is 56.2 Å². The predicted molar refractivity (Wildman–Crippen MR) is 83.7 cm³/mol. The number of hydrogen-bond donors (Lipinski definition) is 1. The summed E-state index contributed by atoms with van der Waals surface area (Å²) in [4.78, 5) is 0. The van der Waals surface area contributed by atoms with Crippen LogP contribution in [0.15, 0.2) is 18.2 Å². The van der Waals surface area contributed by atoms with Crippen molar-refractivity contribution in [2.75, 3.05) is 6.54 Å². The quantitative estimate of drug-likeness (QED) is 0.826. The highest BCUT2D eigenvalue weighted by Gasteiger charge is 2.36. The zero-order chi connectivity index (χ0) is 13.9. The van der Waals surface area contributed by atoms with Gasteiger partial charge in [-0.1, -0.05) is 56.0 Å². The molecular weight excluding hydrogens is 230 g/mol. The van der Waals surface area contributed by atoms with E-state index >= 15 is 0 Å². The van der Waals surface area contributed by atoms with Crippen molar-refractivity contribution >= 4 is 0 Å². The summed E-state index contributed by atoms with van der Waals surface area (Å²) >= 11 is 0. The number of rotatable bonds is 5. The Hall–Kier alpha value is -0.820. The molecule has 1 nitrogen and oxygen atoms in total. The van der Waals surface area contributed by atoms with E-state index in [1.165, 1.54) is 48.8 Å². The second-order valence-corrected chi connectivity index (χ2v) is 6.67. The second-order valence-electron chi connectivity index (χ2n) is 6.67. The maximum Gasteiger partial charge on any atom is 0.0161 e. The molecule has 1 atom stereocenters. The number of benzene rings is 1. The topological polar surface area (TPSA) is 12.0 Å². The van der Waals surface area contributed by atoms with Crippen molar-refractivity contribution in [1.29, 1.82) is 0 Å². The van der Waals surface area contributed by atoms with Crippen molar-refractivity contribution in [3.8, 4) is 0 Å². The summed E-state index contributed by atoms with van der Waals surface area (Å²) in [6, 6.07) is 7.61. The van der Waals surface area contributed by atoms with E-state index < -0.39 is 0 Å². The van der Waals surface area contributed by atoms with Crippen LogP contribution in [-0.4, -0.2) is 12.6 Å². The first-order chi connectivity index (χ1) is 9.03. The van der Waals surface area contributed by atoms with Gasteiger partial charge in [0.15, 0.2) is 0 Å². The summed E-state index contributed by atoms with van der Waals surface area (Å²) in [5, 5.41) is 3.75. The molecule has 0 bridgehead atoms. The number of aryl methyl sites for hydroxylation is 2. The fourth-order valence-electron chi connectivity index (χ4n) is 3.77. The van der Waals surface area contributed by atoms with E-state index in [0.717, 1.165) is 6.54 Å². The van der Waals surface area contributed by atoms with E-state index in [0.29, 0.717) is 11.5 Å². The molecular formula is C18H29N. The zero-order valence-corrected chi connectivity index (χ0v) is 13.1. The third-order valence-corrected chi connectivity index (χ3v) is 4.76. The second kappa shape index (κ2) is 6.09. The summed E-state index contributed by atoms with van der Waals surface area (Å²) in [7, 11) is 0. The van der Waals surface area contributed by atoms with Crippen molar-refractivity contribution in [2.24, 2.45) is 5.41 Å². The van der Waals surface area contributed by atoms with E-state index in [-0.39, 0.29) is 0 Å². The van der Waals surface area contributed by atoms with Crippen LogP contribution >= 0.6 is 0 Å². The molecule has 106 valence electrons. The van der Waals surface area contributed by atoms with E-state index in [9.17, 15) is 0 Å². The summed E-state index contributed by atoms with van der Waals surface area (Å²) in [6.45, 7) is 10.2. The molecule has 0 saturated heterocycles. The van der Waals surface area contributed by atoms with Gasteiger partial charge in [-0.25, -0.2) is 0 Å². The third kappa shape index (κ3) is 3.60. The number of likely N-dealkylation sites (N-methyl/N-ethyl adjacent to an activating group) is 1. The molecule has 1 aromatic carbocycles. The lowest BCUT2D eigenvalue weighted by atomic mass is 9.77.